The van der Waals surface area contributed by atoms with Crippen LogP contribution in [-0.2, 0) is 11.2 Å². The predicted molar refractivity (Wildman–Crippen MR) is 84.6 cm³/mol. The largest absolute Gasteiger partial charge is 0.481 e. The molecule has 1 aliphatic rings. The summed E-state index contributed by atoms with van der Waals surface area (Å²) in [5, 5.41) is 10.4. The average Bonchev–Trinajstić information content (AvgIpc) is 2.87. The van der Waals surface area contributed by atoms with Gasteiger partial charge in [0.2, 0.25) is 0 Å². The molecule has 1 atom stereocenters. The van der Waals surface area contributed by atoms with E-state index in [1.54, 1.807) is 6.92 Å². The molecule has 112 valence electrons. The average molecular weight is 285 g/mol. The predicted octanol–water partition coefficient (Wildman–Crippen LogP) is 4.41. The highest BCUT2D eigenvalue weighted by Crippen LogP contribution is 2.33. The lowest BCUT2D eigenvalue weighted by Gasteiger charge is -2.24. The number of carboxylic acids is 1. The van der Waals surface area contributed by atoms with Gasteiger partial charge in [0.15, 0.2) is 0 Å². The van der Waals surface area contributed by atoms with Crippen LogP contribution in [0, 0.1) is 5.92 Å². The Morgan fingerprint density at radius 1 is 1.29 bits per heavy atom. The van der Waals surface area contributed by atoms with Gasteiger partial charge in [-0.25, -0.2) is 0 Å². The van der Waals surface area contributed by atoms with Gasteiger partial charge in [0.25, 0.3) is 0 Å². The molecule has 1 aromatic heterocycles. The Balaban J connectivity index is 1.99. The molecule has 0 amide bonds. The van der Waals surface area contributed by atoms with E-state index in [1.165, 1.54) is 48.6 Å². The zero-order chi connectivity index (χ0) is 14.8. The maximum absolute atomic E-state index is 11.1. The van der Waals surface area contributed by atoms with Gasteiger partial charge >= 0.3 is 5.97 Å². The molecule has 1 fully saturated rings. The Morgan fingerprint density at radius 2 is 2.00 bits per heavy atom. The maximum atomic E-state index is 11.1. The number of benzene rings is 1. The quantitative estimate of drug-likeness (QED) is 0.904. The van der Waals surface area contributed by atoms with Crippen LogP contribution in [0.4, 0.5) is 0 Å². The lowest BCUT2D eigenvalue weighted by molar-refractivity contribution is -0.141. The van der Waals surface area contributed by atoms with E-state index in [1.807, 2.05) is 6.07 Å². The first-order valence-corrected chi connectivity index (χ1v) is 7.98. The molecule has 2 aromatic rings. The van der Waals surface area contributed by atoms with Gasteiger partial charge in [-0.2, -0.15) is 0 Å². The molecule has 1 heterocycles. The summed E-state index contributed by atoms with van der Waals surface area (Å²) in [5.41, 5.74) is 2.43. The fraction of sp³-hybridized carbons (Fsp3) is 0.500. The van der Waals surface area contributed by atoms with Crippen molar-refractivity contribution in [3.05, 3.63) is 36.0 Å². The Bertz CT molecular complexity index is 638. The Labute approximate surface area is 125 Å². The molecule has 0 aliphatic heterocycles. The highest BCUT2D eigenvalue weighted by atomic mass is 16.4. The van der Waals surface area contributed by atoms with Crippen LogP contribution in [-0.4, -0.2) is 15.6 Å². The van der Waals surface area contributed by atoms with Crippen LogP contribution >= 0.6 is 0 Å². The minimum absolute atomic E-state index is 0.337. The number of aliphatic carboxylic acids is 1. The van der Waals surface area contributed by atoms with E-state index in [0.717, 1.165) is 0 Å². The number of aromatic nitrogens is 1. The van der Waals surface area contributed by atoms with Gasteiger partial charge in [-0.3, -0.25) is 4.79 Å². The summed E-state index contributed by atoms with van der Waals surface area (Å²) in [5.74, 6) is -1.06. The topological polar surface area (TPSA) is 42.2 Å². The third-order valence-electron chi connectivity index (χ3n) is 4.74. The zero-order valence-electron chi connectivity index (χ0n) is 12.6. The minimum atomic E-state index is -0.718. The number of carbonyl (C=O) groups is 1. The first kappa shape index (κ1) is 14.2. The van der Waals surface area contributed by atoms with Crippen LogP contribution in [0.3, 0.4) is 0 Å². The summed E-state index contributed by atoms with van der Waals surface area (Å²) in [6.45, 7) is 1.79. The van der Waals surface area contributed by atoms with E-state index in [-0.39, 0.29) is 5.92 Å². The summed E-state index contributed by atoms with van der Waals surface area (Å²) in [6, 6.07) is 8.99. The van der Waals surface area contributed by atoms with Gasteiger partial charge < -0.3 is 9.67 Å². The van der Waals surface area contributed by atoms with Gasteiger partial charge in [0.05, 0.1) is 5.92 Å². The Morgan fingerprint density at radius 3 is 2.71 bits per heavy atom. The van der Waals surface area contributed by atoms with E-state index >= 15 is 0 Å². The van der Waals surface area contributed by atoms with E-state index in [4.69, 9.17) is 5.11 Å². The van der Waals surface area contributed by atoms with Gasteiger partial charge in [-0.05, 0) is 30.9 Å². The third-order valence-corrected chi connectivity index (χ3v) is 4.74. The van der Waals surface area contributed by atoms with Crippen molar-refractivity contribution in [2.24, 2.45) is 5.92 Å². The standard InChI is InChI=1S/C18H23NO2/c1-13(18(20)21)11-14-12-19(15-7-3-2-4-8-15)17-10-6-5-9-16(14)17/h5-6,9-10,12-13,15H,2-4,7-8,11H2,1H3,(H,20,21). The number of nitrogens with zero attached hydrogens (tertiary/aromatic N) is 1. The van der Waals surface area contributed by atoms with Gasteiger partial charge in [-0.15, -0.1) is 0 Å². The van der Waals surface area contributed by atoms with Gasteiger partial charge in [-0.1, -0.05) is 44.4 Å². The molecular weight excluding hydrogens is 262 g/mol. The second kappa shape index (κ2) is 5.92. The minimum Gasteiger partial charge on any atom is -0.481 e. The van der Waals surface area contributed by atoms with Crippen LogP contribution in [0.15, 0.2) is 30.5 Å². The maximum Gasteiger partial charge on any atom is 0.306 e. The molecule has 1 aromatic carbocycles. The first-order chi connectivity index (χ1) is 10.2. The fourth-order valence-electron chi connectivity index (χ4n) is 3.52. The van der Waals surface area contributed by atoms with Crippen LogP contribution in [0.25, 0.3) is 10.9 Å². The summed E-state index contributed by atoms with van der Waals surface area (Å²) in [4.78, 5) is 11.1. The van der Waals surface area contributed by atoms with Crippen LogP contribution in [0.2, 0.25) is 0 Å². The highest BCUT2D eigenvalue weighted by Gasteiger charge is 2.20. The van der Waals surface area contributed by atoms with Crippen LogP contribution < -0.4 is 0 Å². The van der Waals surface area contributed by atoms with Gasteiger partial charge in [0.1, 0.15) is 0 Å². The highest BCUT2D eigenvalue weighted by molar-refractivity contribution is 5.84. The van der Waals surface area contributed by atoms with Crippen molar-refractivity contribution < 1.29 is 9.90 Å². The number of fused-ring (bicyclic) bond motifs is 1. The van der Waals surface area contributed by atoms with E-state index in [0.29, 0.717) is 12.5 Å². The number of para-hydroxylation sites is 1. The molecule has 0 spiro atoms. The van der Waals surface area contributed by atoms with Crippen molar-refractivity contribution in [3.8, 4) is 0 Å². The molecule has 21 heavy (non-hydrogen) atoms. The smallest absolute Gasteiger partial charge is 0.306 e. The van der Waals surface area contributed by atoms with Crippen molar-refractivity contribution in [2.45, 2.75) is 51.5 Å². The third kappa shape index (κ3) is 2.82. The van der Waals surface area contributed by atoms with E-state index < -0.39 is 5.97 Å². The summed E-state index contributed by atoms with van der Waals surface area (Å²) in [7, 11) is 0. The van der Waals surface area contributed by atoms with Crippen LogP contribution in [0.5, 0.6) is 0 Å². The van der Waals surface area contributed by atoms with Crippen molar-refractivity contribution in [1.29, 1.82) is 0 Å². The molecule has 1 N–H and O–H groups in total. The molecule has 1 aliphatic carbocycles. The van der Waals surface area contributed by atoms with Gasteiger partial charge in [0, 0.05) is 23.1 Å². The Hall–Kier alpha value is -1.77. The second-order valence-corrected chi connectivity index (χ2v) is 6.31. The molecule has 3 rings (SSSR count). The lowest BCUT2D eigenvalue weighted by atomic mass is 9.95. The van der Waals surface area contributed by atoms with Crippen molar-refractivity contribution >= 4 is 16.9 Å². The molecule has 1 saturated carbocycles. The molecule has 0 radical (unpaired) electrons. The molecule has 3 heteroatoms. The summed E-state index contributed by atoms with van der Waals surface area (Å²) >= 11 is 0. The summed E-state index contributed by atoms with van der Waals surface area (Å²) in [6.07, 6.45) is 9.25. The number of hydrogen-bond donors (Lipinski definition) is 1. The number of rotatable bonds is 4. The molecule has 3 nitrogen and oxygen atoms in total. The van der Waals surface area contributed by atoms with E-state index in [2.05, 4.69) is 29.0 Å². The van der Waals surface area contributed by atoms with Crippen molar-refractivity contribution in [1.82, 2.24) is 4.57 Å². The summed E-state index contributed by atoms with van der Waals surface area (Å²) < 4.78 is 2.40. The second-order valence-electron chi connectivity index (χ2n) is 6.31. The normalized spacial score (nSPS) is 18.0. The monoisotopic (exact) mass is 285 g/mol. The van der Waals surface area contributed by atoms with E-state index in [9.17, 15) is 4.79 Å². The van der Waals surface area contributed by atoms with Crippen LogP contribution in [0.1, 0.15) is 50.6 Å². The molecule has 0 saturated heterocycles. The number of carboxylic acid groups (broad SMARTS) is 1. The first-order valence-electron chi connectivity index (χ1n) is 7.98. The zero-order valence-corrected chi connectivity index (χ0v) is 12.6. The molecular formula is C18H23NO2. The fourth-order valence-corrected chi connectivity index (χ4v) is 3.52. The lowest BCUT2D eigenvalue weighted by Crippen LogP contribution is -2.13. The SMILES string of the molecule is CC(Cc1cn(C2CCCCC2)c2ccccc12)C(=O)O. The molecule has 1 unspecified atom stereocenters. The number of hydrogen-bond acceptors (Lipinski definition) is 1. The molecule has 0 bridgehead atoms. The van der Waals surface area contributed by atoms with Crippen molar-refractivity contribution in [2.75, 3.05) is 0 Å². The van der Waals surface area contributed by atoms with Crippen molar-refractivity contribution in [3.63, 3.8) is 0 Å². The Kier molecular flexibility index (Phi) is 4.00.